The molecule has 5 heteroatoms. The number of rotatable bonds is 6. The monoisotopic (exact) mass is 243 g/mol. The molecule has 0 aliphatic rings. The van der Waals surface area contributed by atoms with E-state index in [2.05, 4.69) is 5.32 Å². The number of benzene rings is 1. The lowest BCUT2D eigenvalue weighted by atomic mass is 10.3. The Kier molecular flexibility index (Phi) is 4.76. The van der Waals surface area contributed by atoms with Gasteiger partial charge in [0.05, 0.1) is 22.9 Å². The molecular weight excluding hydrogens is 226 g/mol. The maximum Gasteiger partial charge on any atom is 0.180 e. The molecule has 0 bridgehead atoms. The van der Waals surface area contributed by atoms with E-state index in [-0.39, 0.29) is 12.4 Å². The first-order chi connectivity index (χ1) is 7.61. The summed E-state index contributed by atoms with van der Waals surface area (Å²) in [5, 5.41) is 11.6. The molecule has 0 spiro atoms. The number of sulfone groups is 1. The van der Waals surface area contributed by atoms with Gasteiger partial charge in [0, 0.05) is 6.54 Å². The van der Waals surface area contributed by atoms with E-state index in [1.807, 2.05) is 6.92 Å². The molecule has 0 unspecified atom stereocenters. The molecule has 90 valence electrons. The molecule has 2 N–H and O–H groups in total. The maximum absolute atomic E-state index is 11.9. The number of aliphatic hydroxyl groups is 1. The van der Waals surface area contributed by atoms with E-state index < -0.39 is 9.84 Å². The summed E-state index contributed by atoms with van der Waals surface area (Å²) >= 11 is 0. The zero-order valence-electron chi connectivity index (χ0n) is 9.31. The molecule has 1 aromatic carbocycles. The van der Waals surface area contributed by atoms with Gasteiger partial charge in [-0.25, -0.2) is 8.42 Å². The molecule has 1 aromatic rings. The Morgan fingerprint density at radius 2 is 2.00 bits per heavy atom. The van der Waals surface area contributed by atoms with Crippen molar-refractivity contribution >= 4 is 15.5 Å². The third-order valence-electron chi connectivity index (χ3n) is 2.12. The van der Waals surface area contributed by atoms with E-state index >= 15 is 0 Å². The highest BCUT2D eigenvalue weighted by atomic mass is 32.2. The third-order valence-corrected chi connectivity index (χ3v) is 4.09. The number of nitrogens with one attached hydrogen (secondary N) is 1. The summed E-state index contributed by atoms with van der Waals surface area (Å²) in [6.45, 7) is 2.15. The zero-order valence-corrected chi connectivity index (χ0v) is 10.1. The van der Waals surface area contributed by atoms with Crippen molar-refractivity contribution in [1.29, 1.82) is 0 Å². The molecular formula is C11H17NO3S. The summed E-state index contributed by atoms with van der Waals surface area (Å²) in [7, 11) is -3.22. The van der Waals surface area contributed by atoms with Crippen molar-refractivity contribution in [2.45, 2.75) is 18.2 Å². The van der Waals surface area contributed by atoms with E-state index in [4.69, 9.17) is 5.11 Å². The van der Waals surface area contributed by atoms with Crippen molar-refractivity contribution in [1.82, 2.24) is 0 Å². The third kappa shape index (κ3) is 3.21. The molecule has 0 aliphatic carbocycles. The van der Waals surface area contributed by atoms with Crippen molar-refractivity contribution in [3.05, 3.63) is 24.3 Å². The minimum absolute atomic E-state index is 0.0256. The van der Waals surface area contributed by atoms with Crippen LogP contribution in [0.4, 0.5) is 5.69 Å². The summed E-state index contributed by atoms with van der Waals surface area (Å²) in [6.07, 6.45) is 0.594. The molecule has 1 rings (SSSR count). The highest BCUT2D eigenvalue weighted by Crippen LogP contribution is 2.22. The van der Waals surface area contributed by atoms with Crippen molar-refractivity contribution in [3.63, 3.8) is 0 Å². The fourth-order valence-electron chi connectivity index (χ4n) is 1.45. The highest BCUT2D eigenvalue weighted by Gasteiger charge is 2.16. The number of hydrogen-bond donors (Lipinski definition) is 2. The van der Waals surface area contributed by atoms with Crippen molar-refractivity contribution in [2.24, 2.45) is 0 Å². The van der Waals surface area contributed by atoms with E-state index in [1.54, 1.807) is 24.3 Å². The van der Waals surface area contributed by atoms with Crippen LogP contribution in [0.2, 0.25) is 0 Å². The Balaban J connectivity index is 3.03. The number of aliphatic hydroxyl groups excluding tert-OH is 1. The second-order valence-electron chi connectivity index (χ2n) is 3.47. The first-order valence-electron chi connectivity index (χ1n) is 5.28. The molecule has 0 aliphatic heterocycles. The van der Waals surface area contributed by atoms with E-state index in [9.17, 15) is 8.42 Å². The average molecular weight is 243 g/mol. The Morgan fingerprint density at radius 1 is 1.31 bits per heavy atom. The lowest BCUT2D eigenvalue weighted by Crippen LogP contribution is -2.12. The van der Waals surface area contributed by atoms with Gasteiger partial charge in [-0.15, -0.1) is 0 Å². The van der Waals surface area contributed by atoms with Gasteiger partial charge in [-0.1, -0.05) is 19.1 Å². The van der Waals surface area contributed by atoms with Gasteiger partial charge >= 0.3 is 0 Å². The van der Waals surface area contributed by atoms with Crippen LogP contribution in [0, 0.1) is 0 Å². The molecule has 0 aromatic heterocycles. The Bertz CT molecular complexity index is 429. The lowest BCUT2D eigenvalue weighted by Gasteiger charge is -2.11. The van der Waals surface area contributed by atoms with Gasteiger partial charge in [-0.05, 0) is 18.6 Å². The molecule has 16 heavy (non-hydrogen) atoms. The molecule has 4 nitrogen and oxygen atoms in total. The molecule has 0 heterocycles. The van der Waals surface area contributed by atoms with Gasteiger partial charge in [-0.3, -0.25) is 0 Å². The van der Waals surface area contributed by atoms with Crippen LogP contribution in [0.15, 0.2) is 29.2 Å². The molecule has 0 saturated heterocycles. The van der Waals surface area contributed by atoms with Crippen LogP contribution in [0.3, 0.4) is 0 Å². The number of hydrogen-bond acceptors (Lipinski definition) is 4. The van der Waals surface area contributed by atoms with Gasteiger partial charge in [0.2, 0.25) is 0 Å². The maximum atomic E-state index is 11.9. The average Bonchev–Trinajstić information content (AvgIpc) is 2.26. The van der Waals surface area contributed by atoms with Crippen LogP contribution in [0.1, 0.15) is 13.3 Å². The largest absolute Gasteiger partial charge is 0.395 e. The van der Waals surface area contributed by atoms with E-state index in [0.717, 1.165) is 0 Å². The smallest absolute Gasteiger partial charge is 0.180 e. The second kappa shape index (κ2) is 5.86. The van der Waals surface area contributed by atoms with Crippen molar-refractivity contribution in [2.75, 3.05) is 24.2 Å². The number of para-hydroxylation sites is 1. The first kappa shape index (κ1) is 13.0. The van der Waals surface area contributed by atoms with Crippen LogP contribution in [-0.4, -0.2) is 32.4 Å². The van der Waals surface area contributed by atoms with Crippen LogP contribution < -0.4 is 5.32 Å². The molecule has 0 amide bonds. The standard InChI is InChI=1S/C11H17NO3S/c1-2-9-16(14,15)11-6-4-3-5-10(11)12-7-8-13/h3-6,12-13H,2,7-9H2,1H3. The van der Waals surface area contributed by atoms with Crippen LogP contribution in [-0.2, 0) is 9.84 Å². The van der Waals surface area contributed by atoms with Crippen molar-refractivity contribution in [3.8, 4) is 0 Å². The predicted octanol–water partition coefficient (Wildman–Crippen LogP) is 1.27. The van der Waals surface area contributed by atoms with Gasteiger partial charge in [-0.2, -0.15) is 0 Å². The lowest BCUT2D eigenvalue weighted by molar-refractivity contribution is 0.311. The second-order valence-corrected chi connectivity index (χ2v) is 5.54. The Morgan fingerprint density at radius 3 is 2.62 bits per heavy atom. The molecule has 0 saturated carbocycles. The Labute approximate surface area is 96.2 Å². The molecule has 0 radical (unpaired) electrons. The Hall–Kier alpha value is -1.07. The van der Waals surface area contributed by atoms with E-state index in [0.29, 0.717) is 23.5 Å². The SMILES string of the molecule is CCCS(=O)(=O)c1ccccc1NCCO. The zero-order chi connectivity index (χ0) is 12.0. The molecule has 0 atom stereocenters. The van der Waals surface area contributed by atoms with Crippen LogP contribution in [0.5, 0.6) is 0 Å². The highest BCUT2D eigenvalue weighted by molar-refractivity contribution is 7.91. The quantitative estimate of drug-likeness (QED) is 0.789. The minimum Gasteiger partial charge on any atom is -0.395 e. The van der Waals surface area contributed by atoms with Gasteiger partial charge < -0.3 is 10.4 Å². The van der Waals surface area contributed by atoms with Gasteiger partial charge in [0.25, 0.3) is 0 Å². The fourth-order valence-corrected chi connectivity index (χ4v) is 2.97. The predicted molar refractivity (Wildman–Crippen MR) is 64.4 cm³/mol. The normalized spacial score (nSPS) is 11.4. The van der Waals surface area contributed by atoms with Gasteiger partial charge in [0.15, 0.2) is 9.84 Å². The van der Waals surface area contributed by atoms with Gasteiger partial charge in [0.1, 0.15) is 0 Å². The van der Waals surface area contributed by atoms with Crippen LogP contribution in [0.25, 0.3) is 0 Å². The minimum atomic E-state index is -3.22. The van der Waals surface area contributed by atoms with Crippen LogP contribution >= 0.6 is 0 Å². The summed E-state index contributed by atoms with van der Waals surface area (Å²) in [6, 6.07) is 6.76. The topological polar surface area (TPSA) is 66.4 Å². The van der Waals surface area contributed by atoms with Crippen molar-refractivity contribution < 1.29 is 13.5 Å². The summed E-state index contributed by atoms with van der Waals surface area (Å²) in [5.41, 5.74) is 0.560. The fraction of sp³-hybridized carbons (Fsp3) is 0.455. The number of anilines is 1. The first-order valence-corrected chi connectivity index (χ1v) is 6.93. The van der Waals surface area contributed by atoms with E-state index in [1.165, 1.54) is 0 Å². The molecule has 0 fully saturated rings. The summed E-state index contributed by atoms with van der Waals surface area (Å²) < 4.78 is 23.8. The summed E-state index contributed by atoms with van der Waals surface area (Å²) in [5.74, 6) is 0.144. The summed E-state index contributed by atoms with van der Waals surface area (Å²) in [4.78, 5) is 0.310.